The second-order valence-corrected chi connectivity index (χ2v) is 5.97. The zero-order chi connectivity index (χ0) is 12.1. The fourth-order valence-corrected chi connectivity index (χ4v) is 2.86. The molecule has 0 fully saturated rings. The molecule has 0 aliphatic rings. The maximum absolute atomic E-state index is 5.84. The highest BCUT2D eigenvalue weighted by Gasteiger charge is 1.97. The number of benzene rings is 1. The van der Waals surface area contributed by atoms with Crippen LogP contribution in [-0.2, 0) is 11.5 Å². The molecule has 0 saturated heterocycles. The van der Waals surface area contributed by atoms with Crippen molar-refractivity contribution in [3.8, 4) is 0 Å². The summed E-state index contributed by atoms with van der Waals surface area (Å²) in [6.07, 6.45) is 3.70. The van der Waals surface area contributed by atoms with Gasteiger partial charge in [0.25, 0.3) is 0 Å². The summed E-state index contributed by atoms with van der Waals surface area (Å²) in [6, 6.07) is 10.1. The quantitative estimate of drug-likeness (QED) is 0.789. The van der Waals surface area contributed by atoms with Crippen LogP contribution in [0.4, 0.5) is 0 Å². The minimum Gasteiger partial charge on any atom is -0.263 e. The third kappa shape index (κ3) is 4.34. The van der Waals surface area contributed by atoms with Crippen LogP contribution in [0.5, 0.6) is 0 Å². The van der Waals surface area contributed by atoms with Gasteiger partial charge in [0.05, 0.1) is 0 Å². The molecule has 0 aliphatic heterocycles. The Kier molecular flexibility index (Phi) is 4.89. The van der Waals surface area contributed by atoms with Gasteiger partial charge in [-0.3, -0.25) is 4.98 Å². The first-order valence-electron chi connectivity index (χ1n) is 5.15. The molecule has 0 spiro atoms. The molecule has 17 heavy (non-hydrogen) atoms. The third-order valence-electron chi connectivity index (χ3n) is 2.21. The lowest BCUT2D eigenvalue weighted by Gasteiger charge is -2.03. The van der Waals surface area contributed by atoms with E-state index >= 15 is 0 Å². The van der Waals surface area contributed by atoms with Gasteiger partial charge in [-0.1, -0.05) is 23.7 Å². The molecular formula is C13H11BrClNS. The van der Waals surface area contributed by atoms with Gasteiger partial charge in [-0.25, -0.2) is 0 Å². The van der Waals surface area contributed by atoms with Crippen molar-refractivity contribution in [2.24, 2.45) is 0 Å². The maximum Gasteiger partial charge on any atom is 0.0410 e. The smallest absolute Gasteiger partial charge is 0.0410 e. The summed E-state index contributed by atoms with van der Waals surface area (Å²) >= 11 is 11.1. The number of hydrogen-bond donors (Lipinski definition) is 0. The first-order valence-corrected chi connectivity index (χ1v) is 7.48. The summed E-state index contributed by atoms with van der Waals surface area (Å²) in [6.45, 7) is 0. The molecule has 0 atom stereocenters. The molecule has 1 nitrogen and oxygen atoms in total. The van der Waals surface area contributed by atoms with Crippen LogP contribution in [0.2, 0.25) is 5.02 Å². The zero-order valence-corrected chi connectivity index (χ0v) is 12.2. The molecule has 0 aliphatic carbocycles. The van der Waals surface area contributed by atoms with Crippen LogP contribution in [0.3, 0.4) is 0 Å². The second-order valence-electron chi connectivity index (χ2n) is 3.63. The van der Waals surface area contributed by atoms with E-state index in [4.69, 9.17) is 11.6 Å². The number of nitrogens with zero attached hydrogens (tertiary/aromatic N) is 1. The number of aromatic nitrogens is 1. The highest BCUT2D eigenvalue weighted by molar-refractivity contribution is 9.10. The molecular weight excluding hydrogens is 318 g/mol. The number of halogens is 2. The molecule has 4 heteroatoms. The van der Waals surface area contributed by atoms with E-state index in [9.17, 15) is 0 Å². The predicted molar refractivity (Wildman–Crippen MR) is 78.4 cm³/mol. The van der Waals surface area contributed by atoms with Gasteiger partial charge < -0.3 is 0 Å². The Bertz CT molecular complexity index is 487. The van der Waals surface area contributed by atoms with Gasteiger partial charge in [0.1, 0.15) is 0 Å². The van der Waals surface area contributed by atoms with Crippen molar-refractivity contribution in [1.29, 1.82) is 0 Å². The lowest BCUT2D eigenvalue weighted by molar-refractivity contribution is 1.23. The minimum atomic E-state index is 0.787. The van der Waals surface area contributed by atoms with Gasteiger partial charge in [-0.15, -0.1) is 0 Å². The lowest BCUT2D eigenvalue weighted by atomic mass is 10.2. The van der Waals surface area contributed by atoms with Gasteiger partial charge in [0.2, 0.25) is 0 Å². The Balaban J connectivity index is 1.85. The fraction of sp³-hybridized carbons (Fsp3) is 0.154. The summed E-state index contributed by atoms with van der Waals surface area (Å²) < 4.78 is 1.03. The first kappa shape index (κ1) is 12.9. The largest absolute Gasteiger partial charge is 0.263 e. The van der Waals surface area contributed by atoms with Crippen LogP contribution in [0, 0.1) is 0 Å². The average Bonchev–Trinajstić information content (AvgIpc) is 2.32. The van der Waals surface area contributed by atoms with E-state index in [-0.39, 0.29) is 0 Å². The molecule has 1 aromatic heterocycles. The summed E-state index contributed by atoms with van der Waals surface area (Å²) in [5.74, 6) is 1.96. The Morgan fingerprint density at radius 2 is 1.76 bits per heavy atom. The van der Waals surface area contributed by atoms with Crippen molar-refractivity contribution in [3.63, 3.8) is 0 Å². The molecule has 0 N–H and O–H groups in total. The van der Waals surface area contributed by atoms with Crippen LogP contribution in [-0.4, -0.2) is 4.98 Å². The van der Waals surface area contributed by atoms with E-state index in [1.54, 1.807) is 6.20 Å². The van der Waals surface area contributed by atoms with Crippen molar-refractivity contribution < 1.29 is 0 Å². The Hall–Kier alpha value is -0.510. The average molecular weight is 329 g/mol. The Morgan fingerprint density at radius 1 is 1.06 bits per heavy atom. The molecule has 0 unspecified atom stereocenters. The molecule has 88 valence electrons. The predicted octanol–water partition coefficient (Wildman–Crippen LogP) is 4.93. The van der Waals surface area contributed by atoms with E-state index in [2.05, 4.69) is 39.1 Å². The molecule has 0 saturated carbocycles. The van der Waals surface area contributed by atoms with Crippen molar-refractivity contribution in [1.82, 2.24) is 4.98 Å². The van der Waals surface area contributed by atoms with E-state index in [0.29, 0.717) is 0 Å². The number of hydrogen-bond acceptors (Lipinski definition) is 2. The summed E-state index contributed by atoms with van der Waals surface area (Å²) in [5.41, 5.74) is 2.53. The fourth-order valence-electron chi connectivity index (χ4n) is 1.40. The van der Waals surface area contributed by atoms with Gasteiger partial charge in [0, 0.05) is 33.4 Å². The standard InChI is InChI=1S/C13H11BrClNS/c14-12-5-11(6-16-7-12)9-17-8-10-1-3-13(15)4-2-10/h1-7H,8-9H2. The van der Waals surface area contributed by atoms with Crippen LogP contribution < -0.4 is 0 Å². The van der Waals surface area contributed by atoms with Gasteiger partial charge >= 0.3 is 0 Å². The van der Waals surface area contributed by atoms with Crippen molar-refractivity contribution in [3.05, 3.63) is 63.3 Å². The number of thioether (sulfide) groups is 1. The topological polar surface area (TPSA) is 12.9 Å². The molecule has 1 aromatic carbocycles. The van der Waals surface area contributed by atoms with Gasteiger partial charge in [-0.2, -0.15) is 11.8 Å². The molecule has 0 amide bonds. The highest BCUT2D eigenvalue weighted by Crippen LogP contribution is 2.20. The lowest BCUT2D eigenvalue weighted by Crippen LogP contribution is -1.85. The van der Waals surface area contributed by atoms with Crippen molar-refractivity contribution in [2.45, 2.75) is 11.5 Å². The van der Waals surface area contributed by atoms with Gasteiger partial charge in [-0.05, 0) is 45.3 Å². The highest BCUT2D eigenvalue weighted by atomic mass is 79.9. The molecule has 2 aromatic rings. The van der Waals surface area contributed by atoms with Crippen LogP contribution in [0.25, 0.3) is 0 Å². The Morgan fingerprint density at radius 3 is 2.47 bits per heavy atom. The maximum atomic E-state index is 5.84. The first-order chi connectivity index (χ1) is 8.24. The van der Waals surface area contributed by atoms with Gasteiger partial charge in [0.15, 0.2) is 0 Å². The number of rotatable bonds is 4. The van der Waals surface area contributed by atoms with Crippen LogP contribution in [0.15, 0.2) is 47.2 Å². The summed E-state index contributed by atoms with van der Waals surface area (Å²) in [4.78, 5) is 4.14. The van der Waals surface area contributed by atoms with Crippen LogP contribution in [0.1, 0.15) is 11.1 Å². The van der Waals surface area contributed by atoms with E-state index < -0.39 is 0 Å². The van der Waals surface area contributed by atoms with Crippen LogP contribution >= 0.6 is 39.3 Å². The third-order valence-corrected chi connectivity index (χ3v) is 3.97. The van der Waals surface area contributed by atoms with E-state index in [0.717, 1.165) is 21.0 Å². The second kappa shape index (κ2) is 6.43. The van der Waals surface area contributed by atoms with Crippen molar-refractivity contribution >= 4 is 39.3 Å². The molecule has 0 bridgehead atoms. The minimum absolute atomic E-state index is 0.787. The zero-order valence-electron chi connectivity index (χ0n) is 9.07. The van der Waals surface area contributed by atoms with E-state index in [1.807, 2.05) is 30.1 Å². The molecule has 1 heterocycles. The van der Waals surface area contributed by atoms with E-state index in [1.165, 1.54) is 11.1 Å². The SMILES string of the molecule is Clc1ccc(CSCc2cncc(Br)c2)cc1. The monoisotopic (exact) mass is 327 g/mol. The molecule has 2 rings (SSSR count). The Labute approximate surface area is 119 Å². The summed E-state index contributed by atoms with van der Waals surface area (Å²) in [5, 5.41) is 0.787. The normalized spacial score (nSPS) is 10.5. The van der Waals surface area contributed by atoms with Crippen molar-refractivity contribution in [2.75, 3.05) is 0 Å². The number of pyridine rings is 1. The molecule has 0 radical (unpaired) electrons. The summed E-state index contributed by atoms with van der Waals surface area (Å²) in [7, 11) is 0.